The quantitative estimate of drug-likeness (QED) is 0.878. The van der Waals surface area contributed by atoms with Gasteiger partial charge in [0, 0.05) is 31.6 Å². The van der Waals surface area contributed by atoms with Crippen molar-refractivity contribution in [2.75, 3.05) is 13.1 Å². The Kier molecular flexibility index (Phi) is 2.98. The van der Waals surface area contributed by atoms with Crippen LogP contribution in [0.1, 0.15) is 23.3 Å². The van der Waals surface area contributed by atoms with Crippen LogP contribution in [0.25, 0.3) is 10.9 Å². The molecular formula is C14H18N4O. The number of rotatable bonds is 2. The Morgan fingerprint density at radius 1 is 1.47 bits per heavy atom. The molecule has 3 rings (SSSR count). The van der Waals surface area contributed by atoms with Crippen molar-refractivity contribution in [3.8, 4) is 0 Å². The molecule has 0 spiro atoms. The smallest absolute Gasteiger partial charge is 0.275 e. The summed E-state index contributed by atoms with van der Waals surface area (Å²) in [5, 5.41) is 5.30. The maximum absolute atomic E-state index is 12.6. The third kappa shape index (κ3) is 1.90. The molecule has 0 bridgehead atoms. The fourth-order valence-electron chi connectivity index (χ4n) is 2.86. The fourth-order valence-corrected chi connectivity index (χ4v) is 2.86. The molecule has 2 heterocycles. The van der Waals surface area contributed by atoms with E-state index in [0.717, 1.165) is 30.3 Å². The Morgan fingerprint density at radius 3 is 3.05 bits per heavy atom. The minimum atomic E-state index is 0.00440. The highest BCUT2D eigenvalue weighted by Gasteiger charge is 2.30. The van der Waals surface area contributed by atoms with Gasteiger partial charge in [0.15, 0.2) is 5.69 Å². The second-order valence-electron chi connectivity index (χ2n) is 5.02. The molecule has 1 amide bonds. The monoisotopic (exact) mass is 258 g/mol. The van der Waals surface area contributed by atoms with Crippen molar-refractivity contribution in [1.82, 2.24) is 14.7 Å². The molecule has 0 aliphatic carbocycles. The highest BCUT2D eigenvalue weighted by molar-refractivity contribution is 6.05. The number of carbonyl (C=O) groups is 1. The number of hydrogen-bond acceptors (Lipinski definition) is 3. The van der Waals surface area contributed by atoms with E-state index < -0.39 is 0 Å². The zero-order valence-corrected chi connectivity index (χ0v) is 11.0. The number of amides is 1. The number of hydrogen-bond donors (Lipinski definition) is 1. The van der Waals surface area contributed by atoms with Gasteiger partial charge >= 0.3 is 0 Å². The van der Waals surface area contributed by atoms with Gasteiger partial charge < -0.3 is 10.6 Å². The molecule has 100 valence electrons. The molecule has 1 saturated heterocycles. The summed E-state index contributed by atoms with van der Waals surface area (Å²) in [7, 11) is 1.86. The highest BCUT2D eigenvalue weighted by atomic mass is 16.2. The number of para-hydroxylation sites is 1. The summed E-state index contributed by atoms with van der Waals surface area (Å²) >= 11 is 0. The summed E-state index contributed by atoms with van der Waals surface area (Å²) in [5.74, 6) is 0.00440. The van der Waals surface area contributed by atoms with E-state index in [1.807, 2.05) is 36.2 Å². The first-order chi connectivity index (χ1) is 9.22. The average molecular weight is 258 g/mol. The standard InChI is InChI=1S/C14H18N4O/c1-17-12-7-3-2-6-11(12)13(16-17)14(19)18-8-4-5-10(18)9-15/h2-3,6-7,10H,4-5,8-9,15H2,1H3. The molecule has 1 aliphatic rings. The molecule has 19 heavy (non-hydrogen) atoms. The van der Waals surface area contributed by atoms with Crippen LogP contribution in [0, 0.1) is 0 Å². The van der Waals surface area contributed by atoms with Gasteiger partial charge in [0.05, 0.1) is 5.52 Å². The summed E-state index contributed by atoms with van der Waals surface area (Å²) in [4.78, 5) is 14.5. The Morgan fingerprint density at radius 2 is 2.26 bits per heavy atom. The van der Waals surface area contributed by atoms with Crippen LogP contribution < -0.4 is 5.73 Å². The average Bonchev–Trinajstić information content (AvgIpc) is 3.03. The van der Waals surface area contributed by atoms with Crippen molar-refractivity contribution < 1.29 is 4.79 Å². The summed E-state index contributed by atoms with van der Waals surface area (Å²) in [6, 6.07) is 7.97. The Bertz CT molecular complexity index is 619. The van der Waals surface area contributed by atoms with Gasteiger partial charge in [-0.05, 0) is 18.9 Å². The van der Waals surface area contributed by atoms with Crippen LogP contribution in [-0.2, 0) is 7.05 Å². The molecular weight excluding hydrogens is 240 g/mol. The first kappa shape index (κ1) is 12.2. The van der Waals surface area contributed by atoms with E-state index >= 15 is 0 Å². The van der Waals surface area contributed by atoms with Crippen LogP contribution in [0.5, 0.6) is 0 Å². The molecule has 2 N–H and O–H groups in total. The van der Waals surface area contributed by atoms with E-state index in [-0.39, 0.29) is 11.9 Å². The molecule has 1 aromatic carbocycles. The molecule has 0 saturated carbocycles. The number of nitrogens with zero attached hydrogens (tertiary/aromatic N) is 3. The zero-order valence-electron chi connectivity index (χ0n) is 11.0. The second-order valence-corrected chi connectivity index (χ2v) is 5.02. The lowest BCUT2D eigenvalue weighted by Gasteiger charge is -2.22. The Labute approximate surface area is 112 Å². The SMILES string of the molecule is Cn1nc(C(=O)N2CCCC2CN)c2ccccc21. The van der Waals surface area contributed by atoms with Gasteiger partial charge in [-0.2, -0.15) is 5.10 Å². The summed E-state index contributed by atoms with van der Waals surface area (Å²) < 4.78 is 1.76. The van der Waals surface area contributed by atoms with Crippen molar-refractivity contribution >= 4 is 16.8 Å². The molecule has 1 unspecified atom stereocenters. The summed E-state index contributed by atoms with van der Waals surface area (Å²) in [6.07, 6.45) is 2.02. The van der Waals surface area contributed by atoms with E-state index in [9.17, 15) is 4.79 Å². The van der Waals surface area contributed by atoms with Gasteiger partial charge in [0.2, 0.25) is 0 Å². The predicted molar refractivity (Wildman–Crippen MR) is 73.8 cm³/mol. The number of likely N-dealkylation sites (tertiary alicyclic amines) is 1. The van der Waals surface area contributed by atoms with Crippen LogP contribution in [-0.4, -0.2) is 39.7 Å². The van der Waals surface area contributed by atoms with Gasteiger partial charge in [-0.25, -0.2) is 0 Å². The molecule has 1 fully saturated rings. The van der Waals surface area contributed by atoms with Crippen LogP contribution in [0.2, 0.25) is 0 Å². The van der Waals surface area contributed by atoms with E-state index in [1.54, 1.807) is 4.68 Å². The highest BCUT2D eigenvalue weighted by Crippen LogP contribution is 2.23. The number of aryl methyl sites for hydroxylation is 1. The lowest BCUT2D eigenvalue weighted by Crippen LogP contribution is -2.40. The lowest BCUT2D eigenvalue weighted by atomic mass is 10.1. The van der Waals surface area contributed by atoms with Gasteiger partial charge in [-0.15, -0.1) is 0 Å². The van der Waals surface area contributed by atoms with Gasteiger partial charge in [-0.3, -0.25) is 9.48 Å². The largest absolute Gasteiger partial charge is 0.333 e. The lowest BCUT2D eigenvalue weighted by molar-refractivity contribution is 0.0736. The van der Waals surface area contributed by atoms with Crippen molar-refractivity contribution in [1.29, 1.82) is 0 Å². The number of benzene rings is 1. The molecule has 5 heteroatoms. The van der Waals surface area contributed by atoms with Gasteiger partial charge in [-0.1, -0.05) is 18.2 Å². The van der Waals surface area contributed by atoms with E-state index in [2.05, 4.69) is 5.10 Å². The fraction of sp³-hybridized carbons (Fsp3) is 0.429. The maximum Gasteiger partial charge on any atom is 0.275 e. The van der Waals surface area contributed by atoms with Crippen molar-refractivity contribution in [3.63, 3.8) is 0 Å². The van der Waals surface area contributed by atoms with Crippen molar-refractivity contribution in [2.24, 2.45) is 12.8 Å². The van der Waals surface area contributed by atoms with Crippen LogP contribution in [0.4, 0.5) is 0 Å². The third-order valence-corrected chi connectivity index (χ3v) is 3.87. The van der Waals surface area contributed by atoms with Gasteiger partial charge in [0.1, 0.15) is 0 Å². The van der Waals surface area contributed by atoms with Crippen LogP contribution >= 0.6 is 0 Å². The third-order valence-electron chi connectivity index (χ3n) is 3.87. The first-order valence-electron chi connectivity index (χ1n) is 6.65. The van der Waals surface area contributed by atoms with E-state index in [0.29, 0.717) is 12.2 Å². The maximum atomic E-state index is 12.6. The van der Waals surface area contributed by atoms with Crippen molar-refractivity contribution in [3.05, 3.63) is 30.0 Å². The molecule has 2 aromatic rings. The molecule has 1 atom stereocenters. The normalized spacial score (nSPS) is 19.3. The Balaban J connectivity index is 2.02. The molecule has 0 radical (unpaired) electrons. The predicted octanol–water partition coefficient (Wildman–Crippen LogP) is 1.14. The van der Waals surface area contributed by atoms with Crippen LogP contribution in [0.3, 0.4) is 0 Å². The minimum Gasteiger partial charge on any atom is -0.333 e. The number of nitrogens with two attached hydrogens (primary N) is 1. The summed E-state index contributed by atoms with van der Waals surface area (Å²) in [6.45, 7) is 1.31. The zero-order chi connectivity index (χ0) is 13.4. The number of aromatic nitrogens is 2. The number of fused-ring (bicyclic) bond motifs is 1. The van der Waals surface area contributed by atoms with Gasteiger partial charge in [0.25, 0.3) is 5.91 Å². The first-order valence-corrected chi connectivity index (χ1v) is 6.65. The topological polar surface area (TPSA) is 64.2 Å². The number of carbonyl (C=O) groups excluding carboxylic acids is 1. The molecule has 1 aliphatic heterocycles. The minimum absolute atomic E-state index is 0.00440. The summed E-state index contributed by atoms with van der Waals surface area (Å²) in [5.41, 5.74) is 7.26. The Hall–Kier alpha value is -1.88. The van der Waals surface area contributed by atoms with Crippen molar-refractivity contribution in [2.45, 2.75) is 18.9 Å². The van der Waals surface area contributed by atoms with E-state index in [1.165, 1.54) is 0 Å². The van der Waals surface area contributed by atoms with Crippen LogP contribution in [0.15, 0.2) is 24.3 Å². The molecule has 5 nitrogen and oxygen atoms in total. The molecule has 1 aromatic heterocycles. The van der Waals surface area contributed by atoms with E-state index in [4.69, 9.17) is 5.73 Å². The second kappa shape index (κ2) is 4.66.